The van der Waals surface area contributed by atoms with E-state index in [0.717, 1.165) is 0 Å². The van der Waals surface area contributed by atoms with Crippen molar-refractivity contribution in [2.75, 3.05) is 20.3 Å². The van der Waals surface area contributed by atoms with Gasteiger partial charge in [-0.15, -0.1) is 0 Å². The van der Waals surface area contributed by atoms with E-state index < -0.39 is 12.0 Å². The molecule has 3 atom stereocenters. The Balaban J connectivity index is 4.08. The van der Waals surface area contributed by atoms with Gasteiger partial charge in [0.1, 0.15) is 6.04 Å². The van der Waals surface area contributed by atoms with E-state index in [0.29, 0.717) is 0 Å². The van der Waals surface area contributed by atoms with Crippen LogP contribution in [0.5, 0.6) is 0 Å². The second kappa shape index (κ2) is 6.75. The Bertz CT molecular complexity index is 174. The molecule has 0 aromatic rings. The van der Waals surface area contributed by atoms with Gasteiger partial charge in [-0.3, -0.25) is 10.1 Å². The van der Waals surface area contributed by atoms with Gasteiger partial charge >= 0.3 is 5.97 Å². The van der Waals surface area contributed by atoms with Crippen LogP contribution in [0.3, 0.4) is 0 Å². The minimum atomic E-state index is -0.941. The second-order valence-corrected chi connectivity index (χ2v) is 3.46. The summed E-state index contributed by atoms with van der Waals surface area (Å²) in [6.45, 7) is 3.85. The minimum absolute atomic E-state index is 0.0220. The largest absolute Gasteiger partial charge is 0.480 e. The number of hydrogen-bond donors (Lipinski definition) is 3. The number of rotatable bonds is 7. The maximum atomic E-state index is 10.7. The first-order chi connectivity index (χ1) is 6.52. The maximum absolute atomic E-state index is 10.7. The molecule has 0 bridgehead atoms. The summed E-state index contributed by atoms with van der Waals surface area (Å²) in [5.74, 6) is -0.919. The number of carboxylic acid groups (broad SMARTS) is 1. The zero-order valence-corrected chi connectivity index (χ0v) is 8.86. The van der Waals surface area contributed by atoms with Crippen molar-refractivity contribution in [1.82, 2.24) is 5.32 Å². The molecule has 0 heterocycles. The van der Waals surface area contributed by atoms with E-state index in [1.54, 1.807) is 0 Å². The number of carbonyl (C=O) groups is 1. The van der Waals surface area contributed by atoms with Crippen molar-refractivity contribution in [3.8, 4) is 0 Å². The highest BCUT2D eigenvalue weighted by Gasteiger charge is 2.21. The van der Waals surface area contributed by atoms with E-state index in [2.05, 4.69) is 5.32 Å². The zero-order chi connectivity index (χ0) is 11.1. The monoisotopic (exact) mass is 205 g/mol. The molecule has 0 saturated heterocycles. The van der Waals surface area contributed by atoms with Gasteiger partial charge in [0.05, 0.1) is 6.61 Å². The highest BCUT2D eigenvalue weighted by Crippen LogP contribution is 2.02. The van der Waals surface area contributed by atoms with E-state index >= 15 is 0 Å². The molecule has 0 radical (unpaired) electrons. The van der Waals surface area contributed by atoms with Crippen molar-refractivity contribution in [2.45, 2.75) is 25.9 Å². The molecule has 0 aromatic carbocycles. The van der Waals surface area contributed by atoms with Gasteiger partial charge in [-0.05, 0) is 12.8 Å². The van der Waals surface area contributed by atoms with Gasteiger partial charge in [-0.25, -0.2) is 0 Å². The molecule has 3 N–H and O–H groups in total. The minimum Gasteiger partial charge on any atom is -0.480 e. The first kappa shape index (κ1) is 13.4. The number of aliphatic carboxylic acids is 1. The Labute approximate surface area is 84.1 Å². The van der Waals surface area contributed by atoms with Crippen molar-refractivity contribution in [2.24, 2.45) is 5.92 Å². The van der Waals surface area contributed by atoms with Crippen LogP contribution in [0.15, 0.2) is 0 Å². The number of carboxylic acids is 1. The summed E-state index contributed by atoms with van der Waals surface area (Å²) in [6.07, 6.45) is 0. The van der Waals surface area contributed by atoms with Crippen LogP contribution in [0.1, 0.15) is 13.8 Å². The molecule has 0 aliphatic heterocycles. The predicted octanol–water partition coefficient (Wildman–Crippen LogP) is -0.307. The average Bonchev–Trinajstić information content (AvgIpc) is 2.15. The van der Waals surface area contributed by atoms with E-state index in [-0.39, 0.29) is 25.2 Å². The summed E-state index contributed by atoms with van der Waals surface area (Å²) in [4.78, 5) is 10.7. The van der Waals surface area contributed by atoms with E-state index in [4.69, 9.17) is 14.9 Å². The molecule has 0 rings (SSSR count). The molecule has 3 unspecified atom stereocenters. The van der Waals surface area contributed by atoms with Crippen LogP contribution in [0.25, 0.3) is 0 Å². The standard InChI is InChI=1S/C9H19NO4/c1-6(4-11)7(2)10-8(5-14-3)9(12)13/h6-8,10-11H,4-5H2,1-3H3,(H,12,13). The summed E-state index contributed by atoms with van der Waals surface area (Å²) in [6, 6.07) is -0.778. The van der Waals surface area contributed by atoms with Crippen LogP contribution >= 0.6 is 0 Å². The van der Waals surface area contributed by atoms with Crippen molar-refractivity contribution < 1.29 is 19.7 Å². The molecule has 84 valence electrons. The van der Waals surface area contributed by atoms with Crippen LogP contribution in [0.4, 0.5) is 0 Å². The maximum Gasteiger partial charge on any atom is 0.323 e. The number of aliphatic hydroxyl groups is 1. The lowest BCUT2D eigenvalue weighted by Crippen LogP contribution is -2.47. The highest BCUT2D eigenvalue weighted by atomic mass is 16.5. The fourth-order valence-corrected chi connectivity index (χ4v) is 0.997. The number of ether oxygens (including phenoxy) is 1. The third-order valence-corrected chi connectivity index (χ3v) is 2.24. The molecule has 0 spiro atoms. The third-order valence-electron chi connectivity index (χ3n) is 2.24. The summed E-state index contributed by atoms with van der Waals surface area (Å²) < 4.78 is 4.77. The van der Waals surface area contributed by atoms with Crippen LogP contribution in [-0.2, 0) is 9.53 Å². The number of aliphatic hydroxyl groups excluding tert-OH is 1. The molecule has 0 aliphatic rings. The normalized spacial score (nSPS) is 17.4. The smallest absolute Gasteiger partial charge is 0.323 e. The Morgan fingerprint density at radius 1 is 1.50 bits per heavy atom. The lowest BCUT2D eigenvalue weighted by molar-refractivity contribution is -0.141. The molecule has 0 amide bonds. The fourth-order valence-electron chi connectivity index (χ4n) is 0.997. The number of hydrogen-bond acceptors (Lipinski definition) is 4. The van der Waals surface area contributed by atoms with Crippen molar-refractivity contribution in [3.63, 3.8) is 0 Å². The Morgan fingerprint density at radius 2 is 2.07 bits per heavy atom. The molecule has 0 aromatic heterocycles. The third kappa shape index (κ3) is 4.55. The van der Waals surface area contributed by atoms with Crippen molar-refractivity contribution in [3.05, 3.63) is 0 Å². The molecule has 0 aliphatic carbocycles. The zero-order valence-electron chi connectivity index (χ0n) is 8.86. The van der Waals surface area contributed by atoms with Crippen LogP contribution < -0.4 is 5.32 Å². The molecule has 0 saturated carbocycles. The topological polar surface area (TPSA) is 78.8 Å². The van der Waals surface area contributed by atoms with Gasteiger partial charge in [-0.2, -0.15) is 0 Å². The van der Waals surface area contributed by atoms with Gasteiger partial charge in [-0.1, -0.05) is 6.92 Å². The van der Waals surface area contributed by atoms with Crippen LogP contribution in [-0.4, -0.2) is 48.6 Å². The Kier molecular flexibility index (Phi) is 6.44. The van der Waals surface area contributed by atoms with Gasteiger partial charge < -0.3 is 14.9 Å². The highest BCUT2D eigenvalue weighted by molar-refractivity contribution is 5.73. The van der Waals surface area contributed by atoms with Crippen molar-refractivity contribution in [1.29, 1.82) is 0 Å². The van der Waals surface area contributed by atoms with Crippen LogP contribution in [0.2, 0.25) is 0 Å². The first-order valence-corrected chi connectivity index (χ1v) is 4.61. The first-order valence-electron chi connectivity index (χ1n) is 4.61. The molecule has 14 heavy (non-hydrogen) atoms. The van der Waals surface area contributed by atoms with Crippen LogP contribution in [0, 0.1) is 5.92 Å². The second-order valence-electron chi connectivity index (χ2n) is 3.46. The van der Waals surface area contributed by atoms with Gasteiger partial charge in [0.15, 0.2) is 0 Å². The number of methoxy groups -OCH3 is 1. The van der Waals surface area contributed by atoms with Gasteiger partial charge in [0, 0.05) is 19.8 Å². The molecular weight excluding hydrogens is 186 g/mol. The van der Waals surface area contributed by atoms with E-state index in [9.17, 15) is 4.79 Å². The fraction of sp³-hybridized carbons (Fsp3) is 0.889. The lowest BCUT2D eigenvalue weighted by Gasteiger charge is -2.23. The Hall–Kier alpha value is -0.650. The number of nitrogens with one attached hydrogen (secondary N) is 1. The quantitative estimate of drug-likeness (QED) is 0.531. The summed E-state index contributed by atoms with van der Waals surface area (Å²) in [5, 5.41) is 20.6. The molecule has 5 nitrogen and oxygen atoms in total. The van der Waals surface area contributed by atoms with Crippen molar-refractivity contribution >= 4 is 5.97 Å². The Morgan fingerprint density at radius 3 is 2.43 bits per heavy atom. The predicted molar refractivity (Wildman–Crippen MR) is 52.1 cm³/mol. The SMILES string of the molecule is COCC(NC(C)C(C)CO)C(=O)O. The molecule has 5 heteroatoms. The van der Waals surface area contributed by atoms with E-state index in [1.807, 2.05) is 13.8 Å². The molecular formula is C9H19NO4. The van der Waals surface area contributed by atoms with Gasteiger partial charge in [0.25, 0.3) is 0 Å². The van der Waals surface area contributed by atoms with Gasteiger partial charge in [0.2, 0.25) is 0 Å². The summed E-state index contributed by atoms with van der Waals surface area (Å²) in [7, 11) is 1.46. The summed E-state index contributed by atoms with van der Waals surface area (Å²) >= 11 is 0. The molecule has 0 fully saturated rings. The average molecular weight is 205 g/mol. The summed E-state index contributed by atoms with van der Waals surface area (Å²) in [5.41, 5.74) is 0. The van der Waals surface area contributed by atoms with E-state index in [1.165, 1.54) is 7.11 Å². The lowest BCUT2D eigenvalue weighted by atomic mass is 10.0.